The molecule has 0 aromatic heterocycles. The van der Waals surface area contributed by atoms with Gasteiger partial charge in [0, 0.05) is 18.7 Å². The molecule has 1 N–H and O–H groups in total. The molecule has 0 fully saturated rings. The minimum atomic E-state index is -1.11. The van der Waals surface area contributed by atoms with Crippen molar-refractivity contribution in [2.45, 2.75) is 6.92 Å². The van der Waals surface area contributed by atoms with Crippen LogP contribution in [0.3, 0.4) is 0 Å². The zero-order valence-corrected chi connectivity index (χ0v) is 12.0. The van der Waals surface area contributed by atoms with Gasteiger partial charge in [0.1, 0.15) is 5.75 Å². The van der Waals surface area contributed by atoms with E-state index in [9.17, 15) is 19.7 Å². The number of amides is 1. The topological polar surface area (TPSA) is 108 Å². The van der Waals surface area contributed by atoms with Gasteiger partial charge in [-0.25, -0.2) is 4.79 Å². The molecule has 0 saturated carbocycles. The van der Waals surface area contributed by atoms with E-state index in [-0.39, 0.29) is 23.1 Å². The normalized spacial score (nSPS) is 9.78. The number of carbonyl (C=O) groups excluding carboxylic acids is 2. The van der Waals surface area contributed by atoms with Gasteiger partial charge >= 0.3 is 11.8 Å². The van der Waals surface area contributed by atoms with Crippen molar-refractivity contribution >= 4 is 23.4 Å². The van der Waals surface area contributed by atoms with E-state index in [1.54, 1.807) is 0 Å². The monoisotopic (exact) mass is 316 g/mol. The molecular weight excluding hydrogens is 304 g/mol. The van der Waals surface area contributed by atoms with Gasteiger partial charge in [0.25, 0.3) is 0 Å². The largest absolute Gasteiger partial charge is 0.519 e. The highest BCUT2D eigenvalue weighted by Gasteiger charge is 2.18. The third-order valence-corrected chi connectivity index (χ3v) is 2.63. The molecule has 0 saturated heterocycles. The van der Waals surface area contributed by atoms with Gasteiger partial charge in [0.2, 0.25) is 11.7 Å². The summed E-state index contributed by atoms with van der Waals surface area (Å²) in [6, 6.07) is 11.4. The van der Waals surface area contributed by atoms with Crippen molar-refractivity contribution < 1.29 is 24.0 Å². The average molecular weight is 316 g/mol. The van der Waals surface area contributed by atoms with Crippen LogP contribution >= 0.6 is 0 Å². The second-order valence-corrected chi connectivity index (χ2v) is 4.38. The van der Waals surface area contributed by atoms with Gasteiger partial charge in [0.05, 0.1) is 4.92 Å². The first-order valence-corrected chi connectivity index (χ1v) is 6.46. The van der Waals surface area contributed by atoms with Crippen LogP contribution in [0.4, 0.5) is 16.2 Å². The van der Waals surface area contributed by atoms with E-state index >= 15 is 0 Å². The lowest BCUT2D eigenvalue weighted by molar-refractivity contribution is -0.385. The molecule has 0 aliphatic heterocycles. The molecule has 0 spiro atoms. The Morgan fingerprint density at radius 3 is 2.30 bits per heavy atom. The first kappa shape index (κ1) is 16.0. The van der Waals surface area contributed by atoms with E-state index in [0.29, 0.717) is 5.69 Å². The molecule has 2 rings (SSSR count). The zero-order valence-electron chi connectivity index (χ0n) is 12.0. The van der Waals surface area contributed by atoms with Crippen LogP contribution in [0, 0.1) is 10.1 Å². The maximum atomic E-state index is 11.7. The highest BCUT2D eigenvalue weighted by atomic mass is 16.7. The second-order valence-electron chi connectivity index (χ2n) is 4.38. The van der Waals surface area contributed by atoms with Crippen LogP contribution < -0.4 is 14.8 Å². The molecule has 0 heterocycles. The molecule has 8 nitrogen and oxygen atoms in total. The Hall–Kier alpha value is -3.42. The fraction of sp³-hybridized carbons (Fsp3) is 0.0667. The number of ether oxygens (including phenoxy) is 2. The van der Waals surface area contributed by atoms with E-state index in [0.717, 1.165) is 0 Å². The molecule has 2 aromatic carbocycles. The lowest BCUT2D eigenvalue weighted by atomic mass is 10.3. The van der Waals surface area contributed by atoms with Gasteiger partial charge in [-0.1, -0.05) is 12.1 Å². The Labute approximate surface area is 130 Å². The van der Waals surface area contributed by atoms with Gasteiger partial charge in [-0.3, -0.25) is 14.9 Å². The minimum absolute atomic E-state index is 0.169. The third kappa shape index (κ3) is 4.53. The molecule has 0 aliphatic carbocycles. The summed E-state index contributed by atoms with van der Waals surface area (Å²) in [5.74, 6) is -0.269. The van der Waals surface area contributed by atoms with Crippen LogP contribution in [-0.2, 0) is 4.79 Å². The molecule has 0 radical (unpaired) electrons. The smallest absolute Gasteiger partial charge is 0.395 e. The summed E-state index contributed by atoms with van der Waals surface area (Å²) >= 11 is 0. The third-order valence-electron chi connectivity index (χ3n) is 2.63. The number of para-hydroxylation sites is 2. The van der Waals surface area contributed by atoms with Gasteiger partial charge in [-0.15, -0.1) is 0 Å². The van der Waals surface area contributed by atoms with Crippen LogP contribution in [0.2, 0.25) is 0 Å². The molecule has 8 heteroatoms. The number of nitrogens with one attached hydrogen (secondary N) is 1. The lowest BCUT2D eigenvalue weighted by Crippen LogP contribution is -2.14. The molecule has 1 amide bonds. The van der Waals surface area contributed by atoms with Crippen LogP contribution in [0.25, 0.3) is 0 Å². The summed E-state index contributed by atoms with van der Waals surface area (Å²) < 4.78 is 9.75. The molecular formula is C15H12N2O6. The van der Waals surface area contributed by atoms with Crippen LogP contribution in [0.15, 0.2) is 48.5 Å². The van der Waals surface area contributed by atoms with Crippen LogP contribution in [0.1, 0.15) is 6.92 Å². The quantitative estimate of drug-likeness (QED) is 0.402. The maximum Gasteiger partial charge on any atom is 0.519 e. The number of carbonyl (C=O) groups is 2. The van der Waals surface area contributed by atoms with E-state index in [1.807, 2.05) is 0 Å². The summed E-state index contributed by atoms with van der Waals surface area (Å²) in [4.78, 5) is 32.7. The molecule has 0 unspecified atom stereocenters. The van der Waals surface area contributed by atoms with Gasteiger partial charge in [-0.2, -0.15) is 0 Å². The fourth-order valence-electron chi connectivity index (χ4n) is 1.71. The zero-order chi connectivity index (χ0) is 16.8. The minimum Gasteiger partial charge on any atom is -0.395 e. The summed E-state index contributed by atoms with van der Waals surface area (Å²) in [6.07, 6.45) is -1.11. The number of nitro benzene ring substituents is 1. The maximum absolute atomic E-state index is 11.7. The predicted molar refractivity (Wildman–Crippen MR) is 80.5 cm³/mol. The highest BCUT2D eigenvalue weighted by molar-refractivity contribution is 5.88. The number of hydrogen-bond donors (Lipinski definition) is 1. The standard InChI is InChI=1S/C15H12N2O6/c1-10(18)16-11-6-8-12(9-7-11)22-15(19)23-14-5-3-2-4-13(14)17(20)21/h2-9H,1H3,(H,16,18). The average Bonchev–Trinajstić information content (AvgIpc) is 2.49. The Kier molecular flexibility index (Phi) is 4.88. The second kappa shape index (κ2) is 7.03. The molecule has 2 aromatic rings. The highest BCUT2D eigenvalue weighted by Crippen LogP contribution is 2.26. The first-order chi connectivity index (χ1) is 11.0. The van der Waals surface area contributed by atoms with Gasteiger partial charge in [-0.05, 0) is 30.3 Å². The van der Waals surface area contributed by atoms with Crippen molar-refractivity contribution in [1.82, 2.24) is 0 Å². The first-order valence-electron chi connectivity index (χ1n) is 6.46. The Morgan fingerprint density at radius 1 is 1.04 bits per heavy atom. The van der Waals surface area contributed by atoms with Crippen molar-refractivity contribution in [3.63, 3.8) is 0 Å². The van der Waals surface area contributed by atoms with Crippen LogP contribution in [0.5, 0.6) is 11.5 Å². The van der Waals surface area contributed by atoms with Crippen molar-refractivity contribution in [2.24, 2.45) is 0 Å². The fourth-order valence-corrected chi connectivity index (χ4v) is 1.71. The lowest BCUT2D eigenvalue weighted by Gasteiger charge is -2.07. The predicted octanol–water partition coefficient (Wildman–Crippen LogP) is 3.13. The Bertz CT molecular complexity index is 742. The van der Waals surface area contributed by atoms with E-state index in [2.05, 4.69) is 5.32 Å². The molecule has 23 heavy (non-hydrogen) atoms. The number of anilines is 1. The van der Waals surface area contributed by atoms with Crippen molar-refractivity contribution in [1.29, 1.82) is 0 Å². The summed E-state index contributed by atoms with van der Waals surface area (Å²) in [5, 5.41) is 13.4. The van der Waals surface area contributed by atoms with Crippen LogP contribution in [-0.4, -0.2) is 17.0 Å². The van der Waals surface area contributed by atoms with E-state index in [4.69, 9.17) is 9.47 Å². The van der Waals surface area contributed by atoms with Crippen molar-refractivity contribution in [2.75, 3.05) is 5.32 Å². The van der Waals surface area contributed by atoms with E-state index in [1.165, 1.54) is 55.5 Å². The number of hydrogen-bond acceptors (Lipinski definition) is 6. The Balaban J connectivity index is 2.02. The van der Waals surface area contributed by atoms with Crippen molar-refractivity contribution in [3.05, 3.63) is 58.6 Å². The number of benzene rings is 2. The van der Waals surface area contributed by atoms with E-state index < -0.39 is 11.1 Å². The number of nitrogens with zero attached hydrogens (tertiary/aromatic N) is 1. The summed E-state index contributed by atoms with van der Waals surface area (Å²) in [6.45, 7) is 1.37. The number of rotatable bonds is 4. The molecule has 118 valence electrons. The summed E-state index contributed by atoms with van der Waals surface area (Å²) in [7, 11) is 0. The van der Waals surface area contributed by atoms with Crippen molar-refractivity contribution in [3.8, 4) is 11.5 Å². The molecule has 0 atom stereocenters. The molecule has 0 bridgehead atoms. The molecule has 0 aliphatic rings. The summed E-state index contributed by atoms with van der Waals surface area (Å²) in [5.41, 5.74) is 0.197. The SMILES string of the molecule is CC(=O)Nc1ccc(OC(=O)Oc2ccccc2[N+](=O)[O-])cc1. The van der Waals surface area contributed by atoms with Gasteiger partial charge < -0.3 is 14.8 Å². The Morgan fingerprint density at radius 2 is 1.70 bits per heavy atom. The number of nitro groups is 1. The van der Waals surface area contributed by atoms with Gasteiger partial charge in [0.15, 0.2) is 0 Å².